The number of thiocarbonyl (C=S) groups is 1. The second-order valence-corrected chi connectivity index (χ2v) is 5.50. The van der Waals surface area contributed by atoms with Crippen LogP contribution in [0.25, 0.3) is 0 Å². The fourth-order valence-corrected chi connectivity index (χ4v) is 2.20. The lowest BCUT2D eigenvalue weighted by Gasteiger charge is -2.10. The lowest BCUT2D eigenvalue weighted by atomic mass is 10.1. The number of benzene rings is 2. The molecule has 0 bridgehead atoms. The van der Waals surface area contributed by atoms with E-state index in [1.165, 1.54) is 12.1 Å². The van der Waals surface area contributed by atoms with Crippen LogP contribution in [-0.2, 0) is 6.54 Å². The van der Waals surface area contributed by atoms with Gasteiger partial charge in [0, 0.05) is 12.1 Å². The molecule has 130 valence electrons. The van der Waals surface area contributed by atoms with Gasteiger partial charge in [-0.1, -0.05) is 12.1 Å². The van der Waals surface area contributed by atoms with E-state index in [0.29, 0.717) is 24.5 Å². The average Bonchev–Trinajstić information content (AvgIpc) is 2.61. The average molecular weight is 358 g/mol. The predicted octanol–water partition coefficient (Wildman–Crippen LogP) is 2.59. The van der Waals surface area contributed by atoms with Crippen molar-refractivity contribution in [2.75, 3.05) is 6.61 Å². The highest BCUT2D eigenvalue weighted by atomic mass is 32.1. The van der Waals surface area contributed by atoms with Gasteiger partial charge >= 0.3 is 5.97 Å². The number of carbonyl (C=O) groups excluding carboxylic acids is 1. The Morgan fingerprint density at radius 3 is 2.20 bits per heavy atom. The molecular formula is C18H18N2O4S. The van der Waals surface area contributed by atoms with E-state index in [4.69, 9.17) is 22.1 Å². The van der Waals surface area contributed by atoms with E-state index in [2.05, 4.69) is 10.6 Å². The topological polar surface area (TPSA) is 87.7 Å². The smallest absolute Gasteiger partial charge is 0.335 e. The van der Waals surface area contributed by atoms with E-state index >= 15 is 0 Å². The van der Waals surface area contributed by atoms with E-state index in [1.54, 1.807) is 36.4 Å². The fourth-order valence-electron chi connectivity index (χ4n) is 2.04. The van der Waals surface area contributed by atoms with Gasteiger partial charge in [-0.2, -0.15) is 0 Å². The van der Waals surface area contributed by atoms with Crippen molar-refractivity contribution in [2.45, 2.75) is 13.5 Å². The third-order valence-electron chi connectivity index (χ3n) is 3.31. The summed E-state index contributed by atoms with van der Waals surface area (Å²) >= 11 is 5.10. The zero-order valence-electron chi connectivity index (χ0n) is 13.6. The van der Waals surface area contributed by atoms with Crippen LogP contribution in [0.2, 0.25) is 0 Å². The van der Waals surface area contributed by atoms with Crippen molar-refractivity contribution < 1.29 is 19.4 Å². The standard InChI is InChI=1S/C18H18N2O4S/c1-2-24-15-9-7-13(8-10-15)16(21)20-18(25)19-11-12-3-5-14(6-4-12)17(22)23/h3-10H,2,11H2,1H3,(H,22,23)(H2,19,20,21,25). The Hall–Kier alpha value is -2.93. The minimum absolute atomic E-state index is 0.196. The Labute approximate surface area is 150 Å². The third-order valence-corrected chi connectivity index (χ3v) is 3.55. The van der Waals surface area contributed by atoms with Crippen molar-refractivity contribution in [1.82, 2.24) is 10.6 Å². The number of ether oxygens (including phenoxy) is 1. The Bertz CT molecular complexity index is 758. The van der Waals surface area contributed by atoms with Gasteiger partial charge in [0.2, 0.25) is 0 Å². The van der Waals surface area contributed by atoms with Gasteiger partial charge in [0.25, 0.3) is 5.91 Å². The van der Waals surface area contributed by atoms with E-state index in [9.17, 15) is 9.59 Å². The van der Waals surface area contributed by atoms with E-state index in [0.717, 1.165) is 5.56 Å². The summed E-state index contributed by atoms with van der Waals surface area (Å²) in [4.78, 5) is 22.9. The van der Waals surface area contributed by atoms with Crippen LogP contribution in [0.4, 0.5) is 0 Å². The summed E-state index contributed by atoms with van der Waals surface area (Å²) in [5, 5.41) is 14.6. The molecule has 0 heterocycles. The van der Waals surface area contributed by atoms with Crippen LogP contribution in [0.1, 0.15) is 33.2 Å². The molecule has 2 rings (SSSR count). The zero-order chi connectivity index (χ0) is 18.2. The van der Waals surface area contributed by atoms with Crippen molar-refractivity contribution in [3.8, 4) is 5.75 Å². The highest BCUT2D eigenvalue weighted by Gasteiger charge is 2.08. The van der Waals surface area contributed by atoms with Crippen molar-refractivity contribution in [1.29, 1.82) is 0 Å². The molecule has 2 aromatic carbocycles. The molecule has 3 N–H and O–H groups in total. The highest BCUT2D eigenvalue weighted by Crippen LogP contribution is 2.12. The number of aromatic carboxylic acids is 1. The minimum Gasteiger partial charge on any atom is -0.494 e. The summed E-state index contributed by atoms with van der Waals surface area (Å²) in [5.41, 5.74) is 1.54. The van der Waals surface area contributed by atoms with Gasteiger partial charge in [0.15, 0.2) is 5.11 Å². The second kappa shape index (κ2) is 8.79. The maximum Gasteiger partial charge on any atom is 0.335 e. The minimum atomic E-state index is -0.974. The number of rotatable bonds is 6. The normalized spacial score (nSPS) is 9.96. The molecule has 0 saturated heterocycles. The third kappa shape index (κ3) is 5.58. The summed E-state index contributed by atoms with van der Waals surface area (Å²) in [5.74, 6) is -0.594. The Morgan fingerprint density at radius 1 is 1.04 bits per heavy atom. The molecule has 0 atom stereocenters. The molecule has 0 aliphatic rings. The second-order valence-electron chi connectivity index (χ2n) is 5.10. The zero-order valence-corrected chi connectivity index (χ0v) is 14.4. The first-order chi connectivity index (χ1) is 12.0. The molecule has 0 radical (unpaired) electrons. The molecule has 6 nitrogen and oxygen atoms in total. The number of carbonyl (C=O) groups is 2. The first-order valence-electron chi connectivity index (χ1n) is 7.64. The lowest BCUT2D eigenvalue weighted by Crippen LogP contribution is -2.38. The quantitative estimate of drug-likeness (QED) is 0.688. The molecule has 0 fully saturated rings. The largest absolute Gasteiger partial charge is 0.494 e. The number of hydrogen-bond acceptors (Lipinski definition) is 4. The van der Waals surface area contributed by atoms with Gasteiger partial charge in [-0.25, -0.2) is 4.79 Å². The molecule has 25 heavy (non-hydrogen) atoms. The number of hydrogen-bond donors (Lipinski definition) is 3. The summed E-state index contributed by atoms with van der Waals surface area (Å²) in [6, 6.07) is 13.2. The number of amides is 1. The van der Waals surface area contributed by atoms with Crippen LogP contribution in [0.15, 0.2) is 48.5 Å². The monoisotopic (exact) mass is 358 g/mol. The van der Waals surface area contributed by atoms with Crippen molar-refractivity contribution in [3.05, 3.63) is 65.2 Å². The first kappa shape index (κ1) is 18.4. The van der Waals surface area contributed by atoms with E-state index in [-0.39, 0.29) is 16.6 Å². The maximum atomic E-state index is 12.1. The Balaban J connectivity index is 1.84. The number of carboxylic acids is 1. The Kier molecular flexibility index (Phi) is 6.47. The summed E-state index contributed by atoms with van der Waals surface area (Å²) in [6.07, 6.45) is 0. The van der Waals surface area contributed by atoms with Crippen LogP contribution in [-0.4, -0.2) is 28.7 Å². The summed E-state index contributed by atoms with van der Waals surface area (Å²) in [7, 11) is 0. The van der Waals surface area contributed by atoms with Crippen LogP contribution in [0, 0.1) is 0 Å². The van der Waals surface area contributed by atoms with Crippen LogP contribution in [0.3, 0.4) is 0 Å². The molecule has 0 aliphatic heterocycles. The molecule has 2 aromatic rings. The van der Waals surface area contributed by atoms with Crippen LogP contribution >= 0.6 is 12.2 Å². The van der Waals surface area contributed by atoms with Crippen molar-refractivity contribution >= 4 is 29.2 Å². The fraction of sp³-hybridized carbons (Fsp3) is 0.167. The van der Waals surface area contributed by atoms with Crippen molar-refractivity contribution in [2.24, 2.45) is 0 Å². The van der Waals surface area contributed by atoms with Gasteiger partial charge in [0.05, 0.1) is 12.2 Å². The summed E-state index contributed by atoms with van der Waals surface area (Å²) in [6.45, 7) is 2.83. The van der Waals surface area contributed by atoms with E-state index in [1.807, 2.05) is 6.92 Å². The number of nitrogens with one attached hydrogen (secondary N) is 2. The van der Waals surface area contributed by atoms with Crippen molar-refractivity contribution in [3.63, 3.8) is 0 Å². The van der Waals surface area contributed by atoms with Gasteiger partial charge < -0.3 is 15.2 Å². The van der Waals surface area contributed by atoms with Crippen LogP contribution in [0.5, 0.6) is 5.75 Å². The molecule has 0 aliphatic carbocycles. The molecule has 0 aromatic heterocycles. The van der Waals surface area contributed by atoms with Crippen LogP contribution < -0.4 is 15.4 Å². The van der Waals surface area contributed by atoms with Gasteiger partial charge in [-0.3, -0.25) is 10.1 Å². The molecule has 0 unspecified atom stereocenters. The van der Waals surface area contributed by atoms with E-state index < -0.39 is 5.97 Å². The highest BCUT2D eigenvalue weighted by molar-refractivity contribution is 7.80. The molecule has 0 saturated carbocycles. The van der Waals surface area contributed by atoms with Gasteiger partial charge in [-0.15, -0.1) is 0 Å². The molecule has 1 amide bonds. The lowest BCUT2D eigenvalue weighted by molar-refractivity contribution is 0.0696. The first-order valence-corrected chi connectivity index (χ1v) is 8.04. The predicted molar refractivity (Wildman–Crippen MR) is 97.9 cm³/mol. The Morgan fingerprint density at radius 2 is 1.64 bits per heavy atom. The maximum absolute atomic E-state index is 12.1. The summed E-state index contributed by atoms with van der Waals surface area (Å²) < 4.78 is 5.33. The van der Waals surface area contributed by atoms with Gasteiger partial charge in [-0.05, 0) is 61.1 Å². The molecule has 0 spiro atoms. The van der Waals surface area contributed by atoms with Gasteiger partial charge in [0.1, 0.15) is 5.75 Å². The molecular weight excluding hydrogens is 340 g/mol. The SMILES string of the molecule is CCOc1ccc(C(=O)NC(=S)NCc2ccc(C(=O)O)cc2)cc1. The number of carboxylic acid groups (broad SMARTS) is 1. The molecule has 7 heteroatoms.